The molecule has 130 valence electrons. The molecule has 1 aromatic rings. The first-order valence-electron chi connectivity index (χ1n) is 8.76. The van der Waals surface area contributed by atoms with Crippen LogP contribution in [0, 0.1) is 0 Å². The lowest BCUT2D eigenvalue weighted by atomic mass is 9.78. The zero-order chi connectivity index (χ0) is 17.2. The van der Waals surface area contributed by atoms with Gasteiger partial charge in [0.15, 0.2) is 12.4 Å². The number of carbonyl (C=O) groups is 2. The van der Waals surface area contributed by atoms with Crippen molar-refractivity contribution in [2.45, 2.75) is 64.0 Å². The summed E-state index contributed by atoms with van der Waals surface area (Å²) in [7, 11) is 0. The van der Waals surface area contributed by atoms with Crippen molar-refractivity contribution in [2.24, 2.45) is 0 Å². The highest BCUT2D eigenvalue weighted by atomic mass is 16.5. The maximum absolute atomic E-state index is 12.5. The fourth-order valence-corrected chi connectivity index (χ4v) is 3.55. The molecule has 1 heterocycles. The van der Waals surface area contributed by atoms with E-state index in [1.165, 1.54) is 6.42 Å². The molecule has 5 nitrogen and oxygen atoms in total. The second kappa shape index (κ2) is 6.83. The molecule has 0 atom stereocenters. The summed E-state index contributed by atoms with van der Waals surface area (Å²) in [4.78, 5) is 24.2. The Balaban J connectivity index is 1.71. The van der Waals surface area contributed by atoms with Gasteiger partial charge in [-0.2, -0.15) is 0 Å². The van der Waals surface area contributed by atoms with Gasteiger partial charge in [-0.3, -0.25) is 9.59 Å². The van der Waals surface area contributed by atoms with E-state index in [2.05, 4.69) is 5.32 Å². The topological polar surface area (TPSA) is 64.6 Å². The molecule has 1 aromatic carbocycles. The predicted molar refractivity (Wildman–Crippen MR) is 90.6 cm³/mol. The van der Waals surface area contributed by atoms with Crippen LogP contribution in [0.5, 0.6) is 11.5 Å². The number of ketones is 1. The highest BCUT2D eigenvalue weighted by Gasteiger charge is 2.41. The number of benzene rings is 1. The Bertz CT molecular complexity index is 632. The number of hydrogen-bond donors (Lipinski definition) is 1. The van der Waals surface area contributed by atoms with Gasteiger partial charge >= 0.3 is 0 Å². The van der Waals surface area contributed by atoms with Crippen LogP contribution in [-0.4, -0.2) is 29.9 Å². The molecule has 0 unspecified atom stereocenters. The number of ether oxygens (including phenoxy) is 2. The van der Waals surface area contributed by atoms with Gasteiger partial charge in [0.2, 0.25) is 0 Å². The van der Waals surface area contributed by atoms with Crippen molar-refractivity contribution in [2.75, 3.05) is 6.61 Å². The molecule has 1 amide bonds. The minimum Gasteiger partial charge on any atom is -0.486 e. The molecule has 0 radical (unpaired) electrons. The molecular weight excluding hydrogens is 306 g/mol. The van der Waals surface area contributed by atoms with E-state index in [0.717, 1.165) is 25.7 Å². The second-order valence-electron chi connectivity index (χ2n) is 7.11. The average Bonchev–Trinajstić information content (AvgIpc) is 2.52. The number of hydrogen-bond acceptors (Lipinski definition) is 4. The van der Waals surface area contributed by atoms with E-state index in [-0.39, 0.29) is 29.9 Å². The summed E-state index contributed by atoms with van der Waals surface area (Å²) in [5.41, 5.74) is 0.279. The van der Waals surface area contributed by atoms with Crippen molar-refractivity contribution in [3.8, 4) is 11.5 Å². The van der Waals surface area contributed by atoms with E-state index < -0.39 is 0 Å². The third-order valence-corrected chi connectivity index (χ3v) is 4.65. The molecule has 1 aliphatic carbocycles. The summed E-state index contributed by atoms with van der Waals surface area (Å²) >= 11 is 0. The largest absolute Gasteiger partial charge is 0.486 e. The Morgan fingerprint density at radius 2 is 2.04 bits per heavy atom. The van der Waals surface area contributed by atoms with Crippen molar-refractivity contribution >= 4 is 11.7 Å². The monoisotopic (exact) mass is 331 g/mol. The molecule has 24 heavy (non-hydrogen) atoms. The Morgan fingerprint density at radius 1 is 1.29 bits per heavy atom. The van der Waals surface area contributed by atoms with Crippen LogP contribution in [0.4, 0.5) is 0 Å². The highest BCUT2D eigenvalue weighted by molar-refractivity contribution is 6.00. The standard InChI is InChI=1S/C19H25NO4/c1-13(2)20-18(22)12-23-14-6-7-15-16(21)11-19(24-17(15)10-14)8-4-3-5-9-19/h6-7,10,13H,3-5,8-9,11-12H2,1-2H3,(H,20,22). The molecule has 1 spiro atoms. The first-order valence-corrected chi connectivity index (χ1v) is 8.76. The van der Waals surface area contributed by atoms with Crippen LogP contribution in [-0.2, 0) is 4.79 Å². The third-order valence-electron chi connectivity index (χ3n) is 4.65. The molecule has 5 heteroatoms. The van der Waals surface area contributed by atoms with Crippen LogP contribution in [0.1, 0.15) is 62.7 Å². The lowest BCUT2D eigenvalue weighted by molar-refractivity contribution is -0.123. The van der Waals surface area contributed by atoms with E-state index in [9.17, 15) is 9.59 Å². The Hall–Kier alpha value is -2.04. The van der Waals surface area contributed by atoms with Crippen LogP contribution in [0.2, 0.25) is 0 Å². The molecule has 0 bridgehead atoms. The molecule has 3 rings (SSSR count). The first kappa shape index (κ1) is 16.8. The second-order valence-corrected chi connectivity index (χ2v) is 7.11. The Kier molecular flexibility index (Phi) is 4.78. The van der Waals surface area contributed by atoms with Gasteiger partial charge in [0.05, 0.1) is 12.0 Å². The van der Waals surface area contributed by atoms with E-state index in [4.69, 9.17) is 9.47 Å². The number of nitrogens with one attached hydrogen (secondary N) is 1. The van der Waals surface area contributed by atoms with Gasteiger partial charge in [-0.1, -0.05) is 6.42 Å². The fourth-order valence-electron chi connectivity index (χ4n) is 3.55. The van der Waals surface area contributed by atoms with Crippen LogP contribution < -0.4 is 14.8 Å². The zero-order valence-corrected chi connectivity index (χ0v) is 14.4. The van der Waals surface area contributed by atoms with Crippen molar-refractivity contribution in [1.29, 1.82) is 0 Å². The van der Waals surface area contributed by atoms with Crippen molar-refractivity contribution < 1.29 is 19.1 Å². The molecular formula is C19H25NO4. The van der Waals surface area contributed by atoms with Crippen LogP contribution >= 0.6 is 0 Å². The van der Waals surface area contributed by atoms with E-state index in [1.807, 2.05) is 13.8 Å². The lowest BCUT2D eigenvalue weighted by Crippen LogP contribution is -2.43. The Morgan fingerprint density at radius 3 is 2.75 bits per heavy atom. The Labute approximate surface area is 142 Å². The van der Waals surface area contributed by atoms with Gasteiger partial charge in [0, 0.05) is 12.1 Å². The van der Waals surface area contributed by atoms with Crippen molar-refractivity contribution in [3.05, 3.63) is 23.8 Å². The summed E-state index contributed by atoms with van der Waals surface area (Å²) in [6.07, 6.45) is 5.75. The van der Waals surface area contributed by atoms with Crippen molar-refractivity contribution in [3.63, 3.8) is 0 Å². The number of Topliss-reactive ketones (excluding diaryl/α,β-unsaturated/α-hetero) is 1. The number of fused-ring (bicyclic) bond motifs is 1. The zero-order valence-electron chi connectivity index (χ0n) is 14.4. The van der Waals surface area contributed by atoms with E-state index in [0.29, 0.717) is 23.5 Å². The molecule has 1 N–H and O–H groups in total. The van der Waals surface area contributed by atoms with Gasteiger partial charge in [-0.15, -0.1) is 0 Å². The summed E-state index contributed by atoms with van der Waals surface area (Å²) in [5.74, 6) is 1.12. The quantitative estimate of drug-likeness (QED) is 0.920. The maximum atomic E-state index is 12.5. The average molecular weight is 331 g/mol. The van der Waals surface area contributed by atoms with Crippen LogP contribution in [0.25, 0.3) is 0 Å². The molecule has 2 aliphatic rings. The normalized spacial score (nSPS) is 18.9. The van der Waals surface area contributed by atoms with Crippen LogP contribution in [0.15, 0.2) is 18.2 Å². The highest BCUT2D eigenvalue weighted by Crippen LogP contribution is 2.42. The minimum absolute atomic E-state index is 0.0456. The molecule has 0 aromatic heterocycles. The predicted octanol–water partition coefficient (Wildman–Crippen LogP) is 3.26. The summed E-state index contributed by atoms with van der Waals surface area (Å²) in [5, 5.41) is 2.78. The summed E-state index contributed by atoms with van der Waals surface area (Å²) < 4.78 is 11.8. The number of carbonyl (C=O) groups excluding carboxylic acids is 2. The van der Waals surface area contributed by atoms with Crippen LogP contribution in [0.3, 0.4) is 0 Å². The lowest BCUT2D eigenvalue weighted by Gasteiger charge is -2.40. The molecule has 1 fully saturated rings. The van der Waals surface area contributed by atoms with E-state index >= 15 is 0 Å². The van der Waals surface area contributed by atoms with Gasteiger partial charge in [-0.25, -0.2) is 0 Å². The smallest absolute Gasteiger partial charge is 0.258 e. The van der Waals surface area contributed by atoms with E-state index in [1.54, 1.807) is 18.2 Å². The van der Waals surface area contributed by atoms with Gasteiger partial charge in [0.1, 0.15) is 17.1 Å². The molecule has 0 saturated heterocycles. The van der Waals surface area contributed by atoms with Gasteiger partial charge in [0.25, 0.3) is 5.91 Å². The minimum atomic E-state index is -0.337. The SMILES string of the molecule is CC(C)NC(=O)COc1ccc2c(c1)OC1(CCCCC1)CC2=O. The third kappa shape index (κ3) is 3.71. The first-order chi connectivity index (χ1) is 11.5. The number of rotatable bonds is 4. The maximum Gasteiger partial charge on any atom is 0.258 e. The summed E-state index contributed by atoms with van der Waals surface area (Å²) in [6.45, 7) is 3.76. The molecule has 1 aliphatic heterocycles. The molecule has 1 saturated carbocycles. The summed E-state index contributed by atoms with van der Waals surface area (Å²) in [6, 6.07) is 5.28. The van der Waals surface area contributed by atoms with Gasteiger partial charge < -0.3 is 14.8 Å². The van der Waals surface area contributed by atoms with Gasteiger partial charge in [-0.05, 0) is 51.7 Å². The number of amides is 1. The van der Waals surface area contributed by atoms with Crippen molar-refractivity contribution in [1.82, 2.24) is 5.32 Å². The fraction of sp³-hybridized carbons (Fsp3) is 0.579.